The Balaban J connectivity index is 2.33. The van der Waals surface area contributed by atoms with Gasteiger partial charge in [0, 0.05) is 11.6 Å². The van der Waals surface area contributed by atoms with Gasteiger partial charge in [0.15, 0.2) is 0 Å². The first-order chi connectivity index (χ1) is 9.57. The molecule has 1 saturated carbocycles. The molecule has 20 heavy (non-hydrogen) atoms. The monoisotopic (exact) mass is 275 g/mol. The van der Waals surface area contributed by atoms with Crippen LogP contribution in [0.2, 0.25) is 0 Å². The number of hydrogen-bond donors (Lipinski definition) is 1. The summed E-state index contributed by atoms with van der Waals surface area (Å²) < 4.78 is 6.04. The van der Waals surface area contributed by atoms with Crippen LogP contribution in [0, 0.1) is 5.41 Å². The molecule has 2 heteroatoms. The van der Waals surface area contributed by atoms with Crippen LogP contribution in [0.25, 0.3) is 0 Å². The van der Waals surface area contributed by atoms with Crippen molar-refractivity contribution in [1.29, 1.82) is 0 Å². The minimum absolute atomic E-state index is 0.217. The SMILES string of the molecule is CCNC(c1ccccc1OC(C)C)C1(C)CCCC1. The van der Waals surface area contributed by atoms with Crippen molar-refractivity contribution < 1.29 is 4.74 Å². The topological polar surface area (TPSA) is 21.3 Å². The third-order valence-corrected chi connectivity index (χ3v) is 4.44. The molecule has 0 aromatic heterocycles. The van der Waals surface area contributed by atoms with Crippen LogP contribution in [0.1, 0.15) is 65.0 Å². The van der Waals surface area contributed by atoms with Crippen molar-refractivity contribution in [2.75, 3.05) is 6.54 Å². The van der Waals surface area contributed by atoms with Gasteiger partial charge in [-0.25, -0.2) is 0 Å². The lowest BCUT2D eigenvalue weighted by atomic mass is 9.77. The van der Waals surface area contributed by atoms with E-state index in [0.717, 1.165) is 12.3 Å². The summed E-state index contributed by atoms with van der Waals surface area (Å²) in [6, 6.07) is 8.93. The van der Waals surface area contributed by atoms with E-state index in [0.29, 0.717) is 11.5 Å². The van der Waals surface area contributed by atoms with E-state index < -0.39 is 0 Å². The van der Waals surface area contributed by atoms with Crippen molar-refractivity contribution in [2.24, 2.45) is 5.41 Å². The summed E-state index contributed by atoms with van der Waals surface area (Å²) in [4.78, 5) is 0. The van der Waals surface area contributed by atoms with Gasteiger partial charge < -0.3 is 10.1 Å². The Morgan fingerprint density at radius 3 is 2.45 bits per heavy atom. The van der Waals surface area contributed by atoms with Crippen molar-refractivity contribution in [1.82, 2.24) is 5.32 Å². The molecular formula is C18H29NO. The summed E-state index contributed by atoms with van der Waals surface area (Å²) in [5, 5.41) is 3.71. The van der Waals surface area contributed by atoms with E-state index in [9.17, 15) is 0 Å². The molecule has 0 aliphatic heterocycles. The van der Waals surface area contributed by atoms with Crippen LogP contribution in [0.15, 0.2) is 24.3 Å². The van der Waals surface area contributed by atoms with Crippen LogP contribution in [-0.2, 0) is 0 Å². The van der Waals surface area contributed by atoms with Gasteiger partial charge in [-0.15, -0.1) is 0 Å². The van der Waals surface area contributed by atoms with E-state index in [1.54, 1.807) is 0 Å². The van der Waals surface area contributed by atoms with Crippen molar-refractivity contribution in [3.05, 3.63) is 29.8 Å². The zero-order chi connectivity index (χ0) is 14.6. The van der Waals surface area contributed by atoms with E-state index >= 15 is 0 Å². The molecule has 0 radical (unpaired) electrons. The summed E-state index contributed by atoms with van der Waals surface area (Å²) in [6.45, 7) is 9.81. The van der Waals surface area contributed by atoms with Gasteiger partial charge in [-0.3, -0.25) is 0 Å². The molecule has 112 valence electrons. The van der Waals surface area contributed by atoms with Crippen LogP contribution in [-0.4, -0.2) is 12.6 Å². The fourth-order valence-corrected chi connectivity index (χ4v) is 3.49. The number of para-hydroxylation sites is 1. The second kappa shape index (κ2) is 6.62. The van der Waals surface area contributed by atoms with Gasteiger partial charge >= 0.3 is 0 Å². The maximum absolute atomic E-state index is 6.04. The summed E-state index contributed by atoms with van der Waals surface area (Å²) in [5.41, 5.74) is 1.68. The summed E-state index contributed by atoms with van der Waals surface area (Å²) >= 11 is 0. The lowest BCUT2D eigenvalue weighted by molar-refractivity contribution is 0.203. The molecule has 1 atom stereocenters. The minimum Gasteiger partial charge on any atom is -0.491 e. The molecule has 1 aromatic rings. The fourth-order valence-electron chi connectivity index (χ4n) is 3.49. The number of nitrogens with one attached hydrogen (secondary N) is 1. The molecule has 2 nitrogen and oxygen atoms in total. The average molecular weight is 275 g/mol. The van der Waals surface area contributed by atoms with Crippen LogP contribution >= 0.6 is 0 Å². The first-order valence-electron chi connectivity index (χ1n) is 8.06. The second-order valence-electron chi connectivity index (χ2n) is 6.56. The first-order valence-corrected chi connectivity index (χ1v) is 8.06. The molecule has 1 unspecified atom stereocenters. The van der Waals surface area contributed by atoms with Crippen LogP contribution < -0.4 is 10.1 Å². The molecule has 1 aliphatic carbocycles. The Morgan fingerprint density at radius 2 is 1.85 bits per heavy atom. The highest BCUT2D eigenvalue weighted by atomic mass is 16.5. The smallest absolute Gasteiger partial charge is 0.124 e. The molecule has 0 heterocycles. The van der Waals surface area contributed by atoms with Gasteiger partial charge in [-0.2, -0.15) is 0 Å². The fraction of sp³-hybridized carbons (Fsp3) is 0.667. The molecule has 2 rings (SSSR count). The van der Waals surface area contributed by atoms with Crippen molar-refractivity contribution in [3.8, 4) is 5.75 Å². The number of hydrogen-bond acceptors (Lipinski definition) is 2. The zero-order valence-corrected chi connectivity index (χ0v) is 13.4. The lowest BCUT2D eigenvalue weighted by Gasteiger charge is -2.36. The lowest BCUT2D eigenvalue weighted by Crippen LogP contribution is -2.35. The minimum atomic E-state index is 0.217. The summed E-state index contributed by atoms with van der Waals surface area (Å²) in [6.07, 6.45) is 5.54. The highest BCUT2D eigenvalue weighted by molar-refractivity contribution is 5.37. The Labute approximate surface area is 123 Å². The van der Waals surface area contributed by atoms with Crippen molar-refractivity contribution >= 4 is 0 Å². The predicted octanol–water partition coefficient (Wildman–Crippen LogP) is 4.70. The van der Waals surface area contributed by atoms with E-state index in [4.69, 9.17) is 4.74 Å². The molecule has 1 aliphatic rings. The van der Waals surface area contributed by atoms with Crippen LogP contribution in [0.4, 0.5) is 0 Å². The maximum atomic E-state index is 6.04. The maximum Gasteiger partial charge on any atom is 0.124 e. The number of benzene rings is 1. The Bertz CT molecular complexity index is 421. The zero-order valence-electron chi connectivity index (χ0n) is 13.4. The quantitative estimate of drug-likeness (QED) is 0.812. The predicted molar refractivity (Wildman–Crippen MR) is 85.2 cm³/mol. The average Bonchev–Trinajstić information content (AvgIpc) is 2.84. The Hall–Kier alpha value is -1.02. The largest absolute Gasteiger partial charge is 0.491 e. The normalized spacial score (nSPS) is 19.2. The van der Waals surface area contributed by atoms with Gasteiger partial charge in [-0.1, -0.05) is 44.9 Å². The van der Waals surface area contributed by atoms with Gasteiger partial charge in [0.25, 0.3) is 0 Å². The molecule has 0 spiro atoms. The summed E-state index contributed by atoms with van der Waals surface area (Å²) in [7, 11) is 0. The van der Waals surface area contributed by atoms with E-state index in [1.165, 1.54) is 31.2 Å². The van der Waals surface area contributed by atoms with Crippen LogP contribution in [0.3, 0.4) is 0 Å². The third-order valence-electron chi connectivity index (χ3n) is 4.44. The number of rotatable bonds is 6. The van der Waals surface area contributed by atoms with Crippen molar-refractivity contribution in [2.45, 2.75) is 65.5 Å². The van der Waals surface area contributed by atoms with E-state index in [1.807, 2.05) is 0 Å². The Kier molecular flexibility index (Phi) is 5.09. The number of ether oxygens (including phenoxy) is 1. The highest BCUT2D eigenvalue weighted by Gasteiger charge is 2.38. The third kappa shape index (κ3) is 3.35. The molecule has 0 amide bonds. The molecular weight excluding hydrogens is 246 g/mol. The van der Waals surface area contributed by atoms with Gasteiger partial charge in [-0.05, 0) is 44.7 Å². The Morgan fingerprint density at radius 1 is 1.20 bits per heavy atom. The molecule has 0 saturated heterocycles. The van der Waals surface area contributed by atoms with Gasteiger partial charge in [0.05, 0.1) is 6.10 Å². The van der Waals surface area contributed by atoms with Gasteiger partial charge in [0.1, 0.15) is 5.75 Å². The standard InChI is InChI=1S/C18H29NO/c1-5-19-17(18(4)12-8-9-13-18)15-10-6-7-11-16(15)20-14(2)3/h6-7,10-11,14,17,19H,5,8-9,12-13H2,1-4H3. The second-order valence-corrected chi connectivity index (χ2v) is 6.56. The molecule has 1 fully saturated rings. The molecule has 0 bridgehead atoms. The van der Waals surface area contributed by atoms with E-state index in [2.05, 4.69) is 57.3 Å². The van der Waals surface area contributed by atoms with Gasteiger partial charge in [0.2, 0.25) is 0 Å². The first kappa shape index (κ1) is 15.4. The molecule has 1 N–H and O–H groups in total. The van der Waals surface area contributed by atoms with E-state index in [-0.39, 0.29) is 6.10 Å². The highest BCUT2D eigenvalue weighted by Crippen LogP contribution is 2.48. The summed E-state index contributed by atoms with van der Waals surface area (Å²) in [5.74, 6) is 1.04. The van der Waals surface area contributed by atoms with Crippen molar-refractivity contribution in [3.63, 3.8) is 0 Å². The van der Waals surface area contributed by atoms with Crippen LogP contribution in [0.5, 0.6) is 5.75 Å². The molecule has 1 aromatic carbocycles.